The molecule has 2 saturated carbocycles. The molecule has 2 rings (SSSR count). The predicted octanol–water partition coefficient (Wildman–Crippen LogP) is 4.00. The van der Waals surface area contributed by atoms with Crippen LogP contribution in [0.4, 0.5) is 0 Å². The van der Waals surface area contributed by atoms with Gasteiger partial charge in [-0.3, -0.25) is 0 Å². The number of hydrogen-bond donors (Lipinski definition) is 0. The van der Waals surface area contributed by atoms with E-state index in [9.17, 15) is 0 Å². The summed E-state index contributed by atoms with van der Waals surface area (Å²) < 4.78 is 0. The molecular formula is C12H22. The second-order valence-corrected chi connectivity index (χ2v) is 5.90. The van der Waals surface area contributed by atoms with Crippen LogP contribution in [0.1, 0.15) is 59.3 Å². The molecule has 2 aliphatic rings. The van der Waals surface area contributed by atoms with Crippen molar-refractivity contribution in [3.63, 3.8) is 0 Å². The van der Waals surface area contributed by atoms with E-state index < -0.39 is 0 Å². The van der Waals surface area contributed by atoms with Gasteiger partial charge in [-0.05, 0) is 55.3 Å². The Morgan fingerprint density at radius 2 is 1.75 bits per heavy atom. The quantitative estimate of drug-likeness (QED) is 0.594. The van der Waals surface area contributed by atoms with Crippen LogP contribution in [-0.4, -0.2) is 0 Å². The van der Waals surface area contributed by atoms with Gasteiger partial charge in [0.15, 0.2) is 0 Å². The molecule has 2 fully saturated rings. The van der Waals surface area contributed by atoms with Gasteiger partial charge >= 0.3 is 0 Å². The smallest absolute Gasteiger partial charge is 0.0300 e. The molecule has 0 N–H and O–H groups in total. The minimum atomic E-state index is 0.728. The normalized spacial score (nSPS) is 43.8. The fraction of sp³-hybridized carbons (Fsp3) is 1.00. The Bertz CT molecular complexity index is 178. The van der Waals surface area contributed by atoms with Crippen molar-refractivity contribution in [2.24, 2.45) is 16.7 Å². The maximum absolute atomic E-state index is 2.49. The molecule has 0 radical (unpaired) electrons. The average molecular weight is 166 g/mol. The summed E-state index contributed by atoms with van der Waals surface area (Å²) in [7, 11) is 0. The highest BCUT2D eigenvalue weighted by Gasteiger charge is 2.43. The summed E-state index contributed by atoms with van der Waals surface area (Å²) in [5, 5.41) is 0. The second kappa shape index (κ2) is 2.49. The molecule has 12 heavy (non-hydrogen) atoms. The summed E-state index contributed by atoms with van der Waals surface area (Å²) in [6, 6.07) is 0. The van der Waals surface area contributed by atoms with E-state index >= 15 is 0 Å². The van der Waals surface area contributed by atoms with Crippen molar-refractivity contribution in [1.82, 2.24) is 0 Å². The molecule has 0 aromatic rings. The van der Waals surface area contributed by atoms with Crippen LogP contribution in [0.3, 0.4) is 0 Å². The molecule has 2 atom stereocenters. The van der Waals surface area contributed by atoms with Gasteiger partial charge in [0, 0.05) is 0 Å². The van der Waals surface area contributed by atoms with Gasteiger partial charge in [0.25, 0.3) is 0 Å². The van der Waals surface area contributed by atoms with E-state index in [1.807, 2.05) is 0 Å². The minimum Gasteiger partial charge on any atom is -0.0620 e. The Balaban J connectivity index is 1.79. The van der Waals surface area contributed by atoms with E-state index in [2.05, 4.69) is 20.8 Å². The Morgan fingerprint density at radius 3 is 2.08 bits per heavy atom. The lowest BCUT2D eigenvalue weighted by Crippen LogP contribution is -2.35. The van der Waals surface area contributed by atoms with E-state index in [1.165, 1.54) is 38.5 Å². The van der Waals surface area contributed by atoms with Gasteiger partial charge in [-0.25, -0.2) is 0 Å². The first-order valence-electron chi connectivity index (χ1n) is 5.54. The van der Waals surface area contributed by atoms with Crippen molar-refractivity contribution in [1.29, 1.82) is 0 Å². The third-order valence-electron chi connectivity index (χ3n) is 4.74. The number of rotatable bonds is 3. The van der Waals surface area contributed by atoms with Crippen LogP contribution in [0.25, 0.3) is 0 Å². The summed E-state index contributed by atoms with van der Waals surface area (Å²) in [6.07, 6.45) is 8.95. The first-order valence-corrected chi connectivity index (χ1v) is 5.54. The maximum atomic E-state index is 2.49. The van der Waals surface area contributed by atoms with E-state index in [4.69, 9.17) is 0 Å². The van der Waals surface area contributed by atoms with Gasteiger partial charge in [-0.1, -0.05) is 20.8 Å². The molecule has 0 heterocycles. The Hall–Kier alpha value is 0. The van der Waals surface area contributed by atoms with E-state index in [0.29, 0.717) is 0 Å². The van der Waals surface area contributed by atoms with Crippen molar-refractivity contribution in [3.05, 3.63) is 0 Å². The molecule has 0 nitrogen and oxygen atoms in total. The molecule has 0 amide bonds. The molecular weight excluding hydrogens is 144 g/mol. The molecule has 0 aromatic heterocycles. The van der Waals surface area contributed by atoms with E-state index in [-0.39, 0.29) is 0 Å². The largest absolute Gasteiger partial charge is 0.0620 e. The van der Waals surface area contributed by atoms with Gasteiger partial charge in [-0.2, -0.15) is 0 Å². The Morgan fingerprint density at radius 1 is 1.08 bits per heavy atom. The van der Waals surface area contributed by atoms with Crippen LogP contribution < -0.4 is 0 Å². The molecule has 2 unspecified atom stereocenters. The van der Waals surface area contributed by atoms with Crippen molar-refractivity contribution in [3.8, 4) is 0 Å². The topological polar surface area (TPSA) is 0 Å². The van der Waals surface area contributed by atoms with Crippen LogP contribution in [0, 0.1) is 16.7 Å². The van der Waals surface area contributed by atoms with Crippen molar-refractivity contribution in [2.45, 2.75) is 59.3 Å². The van der Waals surface area contributed by atoms with Crippen molar-refractivity contribution < 1.29 is 0 Å². The lowest BCUT2D eigenvalue weighted by atomic mass is 9.59. The van der Waals surface area contributed by atoms with Crippen LogP contribution >= 0.6 is 0 Å². The maximum Gasteiger partial charge on any atom is -0.0300 e. The monoisotopic (exact) mass is 166 g/mol. The predicted molar refractivity (Wildman–Crippen MR) is 53.1 cm³/mol. The molecule has 0 bridgehead atoms. The third kappa shape index (κ3) is 1.41. The molecule has 70 valence electrons. The molecule has 0 saturated heterocycles. The molecule has 2 aliphatic carbocycles. The number of hydrogen-bond acceptors (Lipinski definition) is 0. The molecule has 0 spiro atoms. The van der Waals surface area contributed by atoms with Gasteiger partial charge in [-0.15, -0.1) is 0 Å². The van der Waals surface area contributed by atoms with Crippen LogP contribution in [-0.2, 0) is 0 Å². The zero-order chi connectivity index (χ0) is 8.82. The van der Waals surface area contributed by atoms with Gasteiger partial charge < -0.3 is 0 Å². The average Bonchev–Trinajstić information content (AvgIpc) is 2.78. The van der Waals surface area contributed by atoms with Crippen LogP contribution in [0.5, 0.6) is 0 Å². The minimum absolute atomic E-state index is 0.728. The van der Waals surface area contributed by atoms with Crippen LogP contribution in [0.2, 0.25) is 0 Å². The zero-order valence-electron chi connectivity index (χ0n) is 8.82. The first-order chi connectivity index (χ1) is 5.54. The fourth-order valence-corrected chi connectivity index (χ4v) is 2.35. The molecule has 0 heteroatoms. The summed E-state index contributed by atoms with van der Waals surface area (Å²) in [5.74, 6) is 1.000. The van der Waals surface area contributed by atoms with Gasteiger partial charge in [0.05, 0.1) is 0 Å². The third-order valence-corrected chi connectivity index (χ3v) is 4.74. The Kier molecular flexibility index (Phi) is 1.79. The second-order valence-electron chi connectivity index (χ2n) is 5.90. The zero-order valence-corrected chi connectivity index (χ0v) is 8.82. The van der Waals surface area contributed by atoms with Crippen molar-refractivity contribution in [2.75, 3.05) is 0 Å². The van der Waals surface area contributed by atoms with Crippen molar-refractivity contribution >= 4 is 0 Å². The fourth-order valence-electron chi connectivity index (χ4n) is 2.35. The lowest BCUT2D eigenvalue weighted by molar-refractivity contribution is 0.0470. The van der Waals surface area contributed by atoms with Gasteiger partial charge in [0.1, 0.15) is 0 Å². The summed E-state index contributed by atoms with van der Waals surface area (Å²) >= 11 is 0. The molecule has 0 aromatic carbocycles. The first kappa shape index (κ1) is 8.59. The van der Waals surface area contributed by atoms with E-state index in [1.54, 1.807) is 0 Å². The molecule has 0 aliphatic heterocycles. The van der Waals surface area contributed by atoms with Crippen LogP contribution in [0.15, 0.2) is 0 Å². The highest BCUT2D eigenvalue weighted by molar-refractivity contribution is 4.94. The lowest BCUT2D eigenvalue weighted by Gasteiger charge is -2.46. The summed E-state index contributed by atoms with van der Waals surface area (Å²) in [6.45, 7) is 7.38. The Labute approximate surface area is 76.7 Å². The SMILES string of the molecule is CC1CCC1(C)CCC1(C)CC1. The van der Waals surface area contributed by atoms with Gasteiger partial charge in [0.2, 0.25) is 0 Å². The highest BCUT2D eigenvalue weighted by Crippen LogP contribution is 2.55. The highest BCUT2D eigenvalue weighted by atomic mass is 14.5. The standard InChI is InChI=1S/C12H22/c1-10-4-5-12(10,3)9-8-11(2)6-7-11/h10H,4-9H2,1-3H3. The summed E-state index contributed by atoms with van der Waals surface area (Å²) in [4.78, 5) is 0. The van der Waals surface area contributed by atoms with E-state index in [0.717, 1.165) is 16.7 Å². The summed E-state index contributed by atoms with van der Waals surface area (Å²) in [5.41, 5.74) is 1.50.